The molecule has 1 aliphatic rings. The van der Waals surface area contributed by atoms with Crippen molar-refractivity contribution in [3.05, 3.63) is 0 Å². The summed E-state index contributed by atoms with van der Waals surface area (Å²) in [7, 11) is 6.79. The van der Waals surface area contributed by atoms with E-state index in [0.29, 0.717) is 30.8 Å². The van der Waals surface area contributed by atoms with Gasteiger partial charge in [0.2, 0.25) is 0 Å². The van der Waals surface area contributed by atoms with E-state index in [2.05, 4.69) is 21.1 Å². The molecule has 0 saturated heterocycles. The van der Waals surface area contributed by atoms with Crippen LogP contribution in [0.2, 0.25) is 0 Å². The predicted octanol–water partition coefficient (Wildman–Crippen LogP) is 6.87. The number of nitrogens with zero attached hydrogens (tertiary/aromatic N) is 1. The van der Waals surface area contributed by atoms with E-state index in [1.165, 1.54) is 70.8 Å². The van der Waals surface area contributed by atoms with Crippen molar-refractivity contribution in [2.24, 2.45) is 5.41 Å². The Balaban J connectivity index is 2.07. The van der Waals surface area contributed by atoms with Gasteiger partial charge < -0.3 is 4.48 Å². The number of quaternary nitrogens is 1. The fourth-order valence-corrected chi connectivity index (χ4v) is 4.86. The number of rotatable bonds is 17. The standard InChI is InChI=1S/C26H50NO2/c1-5-24(28)23-26(19-14-12-15-20-26)21-18-25(29)17-13-10-8-6-7-9-11-16-22-27(2,3)4/h5-23H2,1-4H3/q+1. The quantitative estimate of drug-likeness (QED) is 0.194. The van der Waals surface area contributed by atoms with Crippen LogP contribution in [0.3, 0.4) is 0 Å². The smallest absolute Gasteiger partial charge is 0.133 e. The van der Waals surface area contributed by atoms with Crippen LogP contribution in [0.25, 0.3) is 0 Å². The maximum absolute atomic E-state index is 12.4. The van der Waals surface area contributed by atoms with Gasteiger partial charge in [0.05, 0.1) is 27.7 Å². The van der Waals surface area contributed by atoms with Crippen molar-refractivity contribution < 1.29 is 14.1 Å². The normalized spacial score (nSPS) is 16.7. The Hall–Kier alpha value is -0.700. The molecule has 3 heteroatoms. The van der Waals surface area contributed by atoms with Crippen molar-refractivity contribution in [1.29, 1.82) is 0 Å². The van der Waals surface area contributed by atoms with E-state index in [9.17, 15) is 9.59 Å². The van der Waals surface area contributed by atoms with Gasteiger partial charge in [-0.25, -0.2) is 0 Å². The first-order valence-electron chi connectivity index (χ1n) is 12.6. The van der Waals surface area contributed by atoms with Crippen molar-refractivity contribution in [3.63, 3.8) is 0 Å². The lowest BCUT2D eigenvalue weighted by molar-refractivity contribution is -0.870. The third-order valence-electron chi connectivity index (χ3n) is 6.85. The SMILES string of the molecule is CCC(=O)CC1(CCC(=O)CCCCCCCCCC[N+](C)(C)C)CCCCC1. The summed E-state index contributed by atoms with van der Waals surface area (Å²) in [6.45, 7) is 3.24. The van der Waals surface area contributed by atoms with E-state index in [-0.39, 0.29) is 5.41 Å². The first kappa shape index (κ1) is 26.3. The van der Waals surface area contributed by atoms with Crippen molar-refractivity contribution in [3.8, 4) is 0 Å². The Morgan fingerprint density at radius 1 is 0.724 bits per heavy atom. The number of Topliss-reactive ketones (excluding diaryl/α,β-unsaturated/α-hetero) is 2. The third-order valence-corrected chi connectivity index (χ3v) is 6.85. The molecule has 29 heavy (non-hydrogen) atoms. The van der Waals surface area contributed by atoms with E-state index in [1.807, 2.05) is 6.92 Å². The summed E-state index contributed by atoms with van der Waals surface area (Å²) in [5, 5.41) is 0. The molecular weight excluding hydrogens is 358 g/mol. The van der Waals surface area contributed by atoms with Crippen molar-refractivity contribution in [1.82, 2.24) is 0 Å². The second-order valence-electron chi connectivity index (χ2n) is 10.8. The molecule has 1 saturated carbocycles. The fourth-order valence-electron chi connectivity index (χ4n) is 4.86. The number of unbranched alkanes of at least 4 members (excludes halogenated alkanes) is 7. The Morgan fingerprint density at radius 2 is 1.28 bits per heavy atom. The highest BCUT2D eigenvalue weighted by molar-refractivity contribution is 5.80. The highest BCUT2D eigenvalue weighted by Gasteiger charge is 2.33. The Labute approximate surface area is 181 Å². The number of ketones is 2. The molecule has 1 aliphatic carbocycles. The largest absolute Gasteiger partial charge is 0.331 e. The molecule has 0 heterocycles. The minimum Gasteiger partial charge on any atom is -0.331 e. The van der Waals surface area contributed by atoms with E-state index in [0.717, 1.165) is 36.6 Å². The van der Waals surface area contributed by atoms with Gasteiger partial charge in [-0.2, -0.15) is 0 Å². The molecule has 0 aliphatic heterocycles. The summed E-state index contributed by atoms with van der Waals surface area (Å²) in [5.41, 5.74) is 0.146. The van der Waals surface area contributed by atoms with Crippen LogP contribution in [-0.4, -0.2) is 43.7 Å². The molecule has 170 valence electrons. The average Bonchev–Trinajstić information content (AvgIpc) is 2.67. The van der Waals surface area contributed by atoms with E-state index < -0.39 is 0 Å². The molecule has 0 radical (unpaired) electrons. The van der Waals surface area contributed by atoms with Crippen LogP contribution in [0.1, 0.15) is 122 Å². The molecule has 0 atom stereocenters. The first-order chi connectivity index (χ1) is 13.8. The number of hydrogen-bond acceptors (Lipinski definition) is 2. The van der Waals surface area contributed by atoms with Crippen LogP contribution in [-0.2, 0) is 9.59 Å². The second-order valence-corrected chi connectivity index (χ2v) is 10.8. The van der Waals surface area contributed by atoms with Crippen LogP contribution >= 0.6 is 0 Å². The molecule has 0 N–H and O–H groups in total. The highest BCUT2D eigenvalue weighted by Crippen LogP contribution is 2.43. The van der Waals surface area contributed by atoms with Crippen molar-refractivity contribution in [2.45, 2.75) is 122 Å². The lowest BCUT2D eigenvalue weighted by Gasteiger charge is -2.37. The summed E-state index contributed by atoms with van der Waals surface area (Å²) in [6, 6.07) is 0. The van der Waals surface area contributed by atoms with Gasteiger partial charge in [-0.05, 0) is 43.9 Å². The van der Waals surface area contributed by atoms with Crippen LogP contribution < -0.4 is 0 Å². The minimum atomic E-state index is 0.146. The third kappa shape index (κ3) is 13.3. The van der Waals surface area contributed by atoms with E-state index in [4.69, 9.17) is 0 Å². The Morgan fingerprint density at radius 3 is 1.83 bits per heavy atom. The fraction of sp³-hybridized carbons (Fsp3) is 0.923. The first-order valence-corrected chi connectivity index (χ1v) is 12.6. The van der Waals surface area contributed by atoms with Crippen LogP contribution in [0.5, 0.6) is 0 Å². The van der Waals surface area contributed by atoms with E-state index in [1.54, 1.807) is 0 Å². The molecule has 3 nitrogen and oxygen atoms in total. The molecule has 0 aromatic rings. The van der Waals surface area contributed by atoms with Gasteiger partial charge in [-0.1, -0.05) is 58.3 Å². The summed E-state index contributed by atoms with van der Waals surface area (Å²) in [6.07, 6.45) is 20.1. The molecular formula is C26H50NO2+. The van der Waals surface area contributed by atoms with Gasteiger partial charge >= 0.3 is 0 Å². The maximum atomic E-state index is 12.4. The van der Waals surface area contributed by atoms with Gasteiger partial charge in [0.25, 0.3) is 0 Å². The maximum Gasteiger partial charge on any atom is 0.133 e. The van der Waals surface area contributed by atoms with Gasteiger partial charge in [0.15, 0.2) is 0 Å². The molecule has 0 bridgehead atoms. The van der Waals surface area contributed by atoms with Crippen LogP contribution in [0, 0.1) is 5.41 Å². The van der Waals surface area contributed by atoms with E-state index >= 15 is 0 Å². The van der Waals surface area contributed by atoms with Gasteiger partial charge in [0.1, 0.15) is 11.6 Å². The average molecular weight is 409 g/mol. The second kappa shape index (κ2) is 14.3. The Bertz CT molecular complexity index is 458. The zero-order valence-corrected chi connectivity index (χ0v) is 20.2. The zero-order valence-electron chi connectivity index (χ0n) is 20.2. The monoisotopic (exact) mass is 408 g/mol. The van der Waals surface area contributed by atoms with Crippen LogP contribution in [0.15, 0.2) is 0 Å². The summed E-state index contributed by atoms with van der Waals surface area (Å²) in [4.78, 5) is 24.4. The van der Waals surface area contributed by atoms with Gasteiger partial charge in [0, 0.05) is 25.7 Å². The Kier molecular flexibility index (Phi) is 13.0. The van der Waals surface area contributed by atoms with Crippen molar-refractivity contribution >= 4 is 11.6 Å². The van der Waals surface area contributed by atoms with Crippen LogP contribution in [0.4, 0.5) is 0 Å². The zero-order chi connectivity index (χ0) is 21.6. The number of carbonyl (C=O) groups excluding carboxylic acids is 2. The summed E-state index contributed by atoms with van der Waals surface area (Å²) < 4.78 is 1.07. The van der Waals surface area contributed by atoms with Gasteiger partial charge in [-0.3, -0.25) is 9.59 Å². The number of hydrogen-bond donors (Lipinski definition) is 0. The lowest BCUT2D eigenvalue weighted by atomic mass is 9.68. The topological polar surface area (TPSA) is 34.1 Å². The molecule has 0 aromatic heterocycles. The molecule has 0 unspecified atom stereocenters. The predicted molar refractivity (Wildman–Crippen MR) is 124 cm³/mol. The summed E-state index contributed by atoms with van der Waals surface area (Å²) in [5.74, 6) is 0.816. The van der Waals surface area contributed by atoms with Crippen molar-refractivity contribution in [2.75, 3.05) is 27.7 Å². The molecule has 0 aromatic carbocycles. The summed E-state index contributed by atoms with van der Waals surface area (Å²) >= 11 is 0. The molecule has 0 amide bonds. The number of carbonyl (C=O) groups is 2. The molecule has 1 rings (SSSR count). The molecule has 1 fully saturated rings. The molecule has 0 spiro atoms. The van der Waals surface area contributed by atoms with Gasteiger partial charge in [-0.15, -0.1) is 0 Å². The highest BCUT2D eigenvalue weighted by atomic mass is 16.1. The minimum absolute atomic E-state index is 0.146. The lowest BCUT2D eigenvalue weighted by Crippen LogP contribution is -2.35.